The van der Waals surface area contributed by atoms with Crippen LogP contribution in [-0.4, -0.2) is 34.0 Å². The van der Waals surface area contributed by atoms with E-state index in [1.165, 1.54) is 11.1 Å². The minimum atomic E-state index is -0.515. The first-order chi connectivity index (χ1) is 14.1. The number of aliphatic hydroxyl groups excluding tert-OH is 1. The van der Waals surface area contributed by atoms with Crippen LogP contribution in [0.1, 0.15) is 34.6 Å². The first-order valence-electron chi connectivity index (χ1n) is 10.2. The highest BCUT2D eigenvalue weighted by molar-refractivity contribution is 5.47. The summed E-state index contributed by atoms with van der Waals surface area (Å²) in [6, 6.07) is 24.1. The van der Waals surface area contributed by atoms with E-state index in [4.69, 9.17) is 0 Å². The highest BCUT2D eigenvalue weighted by Gasteiger charge is 2.28. The molecule has 0 radical (unpaired) electrons. The molecule has 4 N–H and O–H groups in total. The lowest BCUT2D eigenvalue weighted by molar-refractivity contribution is 0.119. The summed E-state index contributed by atoms with van der Waals surface area (Å²) in [6.45, 7) is 0.773. The molecule has 2 atom stereocenters. The molecule has 3 aromatic carbocycles. The van der Waals surface area contributed by atoms with Crippen molar-refractivity contribution in [3.05, 3.63) is 95.1 Å². The zero-order valence-electron chi connectivity index (χ0n) is 16.3. The van der Waals surface area contributed by atoms with Gasteiger partial charge in [0.2, 0.25) is 0 Å². The highest BCUT2D eigenvalue weighted by Crippen LogP contribution is 2.33. The highest BCUT2D eigenvalue weighted by atomic mass is 16.3. The van der Waals surface area contributed by atoms with Crippen molar-refractivity contribution in [1.29, 1.82) is 0 Å². The summed E-state index contributed by atoms with van der Waals surface area (Å²) in [5.41, 5.74) is 4.45. The zero-order chi connectivity index (χ0) is 20.2. The Balaban J connectivity index is 1.44. The minimum absolute atomic E-state index is 0.0707. The number of phenolic OH excluding ortho intramolecular Hbond substituents is 2. The van der Waals surface area contributed by atoms with Crippen LogP contribution in [0, 0.1) is 0 Å². The van der Waals surface area contributed by atoms with Gasteiger partial charge in [0.1, 0.15) is 0 Å². The van der Waals surface area contributed by atoms with Gasteiger partial charge in [-0.15, -0.1) is 0 Å². The zero-order valence-corrected chi connectivity index (χ0v) is 16.3. The number of phenols is 2. The molecule has 0 bridgehead atoms. The van der Waals surface area contributed by atoms with Crippen LogP contribution in [0.2, 0.25) is 0 Å². The van der Waals surface area contributed by atoms with Crippen molar-refractivity contribution in [2.75, 3.05) is 6.54 Å². The lowest BCUT2D eigenvalue weighted by Gasteiger charge is -2.31. The summed E-state index contributed by atoms with van der Waals surface area (Å²) in [7, 11) is 0. The lowest BCUT2D eigenvalue weighted by Crippen LogP contribution is -2.46. The molecule has 0 amide bonds. The molecule has 4 nitrogen and oxygen atoms in total. The number of hydrogen-bond donors (Lipinski definition) is 4. The van der Waals surface area contributed by atoms with Crippen molar-refractivity contribution in [2.24, 2.45) is 0 Å². The largest absolute Gasteiger partial charge is 0.504 e. The van der Waals surface area contributed by atoms with E-state index in [1.54, 1.807) is 12.1 Å². The Morgan fingerprint density at radius 3 is 1.86 bits per heavy atom. The average molecular weight is 389 g/mol. The maximum atomic E-state index is 10.6. The van der Waals surface area contributed by atoms with Gasteiger partial charge in [-0.05, 0) is 53.8 Å². The van der Waals surface area contributed by atoms with Gasteiger partial charge in [-0.3, -0.25) is 0 Å². The number of aliphatic hydroxyl groups is 1. The average Bonchev–Trinajstić information content (AvgIpc) is 2.74. The number of fused-ring (bicyclic) bond motifs is 1. The maximum Gasteiger partial charge on any atom is 0.157 e. The normalized spacial score (nSPS) is 18.6. The van der Waals surface area contributed by atoms with Crippen molar-refractivity contribution in [3.8, 4) is 11.5 Å². The van der Waals surface area contributed by atoms with Crippen LogP contribution in [0.15, 0.2) is 72.8 Å². The third-order valence-electron chi connectivity index (χ3n) is 5.87. The SMILES string of the molecule is Oc1cc2c(cc1O)C[C@H](O)[C@@H](NCCC(c1ccccc1)c1ccccc1)C2. The number of rotatable bonds is 6. The first-order valence-corrected chi connectivity index (χ1v) is 10.2. The fourth-order valence-electron chi connectivity index (χ4n) is 4.30. The molecule has 29 heavy (non-hydrogen) atoms. The van der Waals surface area contributed by atoms with Crippen LogP contribution in [0.25, 0.3) is 0 Å². The van der Waals surface area contributed by atoms with E-state index < -0.39 is 6.10 Å². The summed E-state index contributed by atoms with van der Waals surface area (Å²) >= 11 is 0. The summed E-state index contributed by atoms with van der Waals surface area (Å²) in [6.07, 6.45) is 1.51. The molecule has 1 aliphatic rings. The van der Waals surface area contributed by atoms with Crippen LogP contribution in [0.3, 0.4) is 0 Å². The van der Waals surface area contributed by atoms with E-state index in [2.05, 4.69) is 53.8 Å². The van der Waals surface area contributed by atoms with Gasteiger partial charge in [-0.1, -0.05) is 60.7 Å². The van der Waals surface area contributed by atoms with Crippen LogP contribution < -0.4 is 5.32 Å². The van der Waals surface area contributed by atoms with Gasteiger partial charge < -0.3 is 20.6 Å². The molecule has 150 valence electrons. The topological polar surface area (TPSA) is 72.7 Å². The van der Waals surface area contributed by atoms with Crippen LogP contribution in [0.4, 0.5) is 0 Å². The first kappa shape index (κ1) is 19.5. The summed E-state index contributed by atoms with van der Waals surface area (Å²) in [5, 5.41) is 33.6. The van der Waals surface area contributed by atoms with E-state index in [9.17, 15) is 15.3 Å². The second kappa shape index (κ2) is 8.68. The van der Waals surface area contributed by atoms with Gasteiger partial charge in [0, 0.05) is 18.4 Å². The summed E-state index contributed by atoms with van der Waals surface area (Å²) in [4.78, 5) is 0. The predicted molar refractivity (Wildman–Crippen MR) is 114 cm³/mol. The van der Waals surface area contributed by atoms with Gasteiger partial charge in [-0.25, -0.2) is 0 Å². The Labute approximate surface area is 171 Å². The second-order valence-electron chi connectivity index (χ2n) is 7.81. The molecule has 0 unspecified atom stereocenters. The predicted octanol–water partition coefficient (Wildman–Crippen LogP) is 3.74. The fraction of sp³-hybridized carbons (Fsp3) is 0.280. The molecule has 0 saturated carbocycles. The standard InChI is InChI=1S/C25H27NO3/c27-23-14-20-16-25(29)24(28)15-19(20)13-22(23)26-12-11-21(17-7-3-1-4-8-17)18-9-5-2-6-10-18/h1-10,15-16,21-23,26-29H,11-14H2/t22-,23-/m0/s1. The molecule has 0 aromatic heterocycles. The van der Waals surface area contributed by atoms with Gasteiger partial charge in [0.25, 0.3) is 0 Å². The van der Waals surface area contributed by atoms with Crippen LogP contribution in [0.5, 0.6) is 11.5 Å². The third-order valence-corrected chi connectivity index (χ3v) is 5.87. The van der Waals surface area contributed by atoms with E-state index >= 15 is 0 Å². The number of benzene rings is 3. The number of nitrogens with one attached hydrogen (secondary N) is 1. The van der Waals surface area contributed by atoms with Gasteiger partial charge in [0.15, 0.2) is 11.5 Å². The fourth-order valence-corrected chi connectivity index (χ4v) is 4.30. The molecule has 0 aliphatic heterocycles. The van der Waals surface area contributed by atoms with Crippen molar-refractivity contribution < 1.29 is 15.3 Å². The second-order valence-corrected chi connectivity index (χ2v) is 7.81. The van der Waals surface area contributed by atoms with Crippen molar-refractivity contribution >= 4 is 0 Å². The molecule has 0 saturated heterocycles. The van der Waals surface area contributed by atoms with Crippen molar-refractivity contribution in [2.45, 2.75) is 37.3 Å². The summed E-state index contributed by atoms with van der Waals surface area (Å²) < 4.78 is 0. The molecule has 0 heterocycles. The van der Waals surface area contributed by atoms with Crippen molar-refractivity contribution in [3.63, 3.8) is 0 Å². The molecule has 0 spiro atoms. The van der Waals surface area contributed by atoms with E-state index in [-0.39, 0.29) is 17.5 Å². The quantitative estimate of drug-likeness (QED) is 0.485. The number of aromatic hydroxyl groups is 2. The molecule has 3 aromatic rings. The lowest BCUT2D eigenvalue weighted by atomic mass is 9.85. The molecule has 1 aliphatic carbocycles. The maximum absolute atomic E-state index is 10.6. The van der Waals surface area contributed by atoms with E-state index in [1.807, 2.05) is 12.1 Å². The van der Waals surface area contributed by atoms with Crippen LogP contribution >= 0.6 is 0 Å². The Bertz CT molecular complexity index is 904. The van der Waals surface area contributed by atoms with Gasteiger partial charge >= 0.3 is 0 Å². The Kier molecular flexibility index (Phi) is 5.84. The van der Waals surface area contributed by atoms with E-state index in [0.717, 1.165) is 24.1 Å². The number of hydrogen-bond acceptors (Lipinski definition) is 4. The molecule has 4 heteroatoms. The van der Waals surface area contributed by atoms with Crippen LogP contribution in [-0.2, 0) is 12.8 Å². The van der Waals surface area contributed by atoms with Crippen molar-refractivity contribution in [1.82, 2.24) is 5.32 Å². The van der Waals surface area contributed by atoms with Gasteiger partial charge in [-0.2, -0.15) is 0 Å². The molecule has 0 fully saturated rings. The Hall–Kier alpha value is -2.82. The van der Waals surface area contributed by atoms with E-state index in [0.29, 0.717) is 18.8 Å². The summed E-state index contributed by atoms with van der Waals surface area (Å²) in [5.74, 6) is 0.0574. The monoisotopic (exact) mass is 389 g/mol. The molecular weight excluding hydrogens is 362 g/mol. The molecule has 4 rings (SSSR count). The smallest absolute Gasteiger partial charge is 0.157 e. The van der Waals surface area contributed by atoms with Gasteiger partial charge in [0.05, 0.1) is 6.10 Å². The Morgan fingerprint density at radius 1 is 0.793 bits per heavy atom. The Morgan fingerprint density at radius 2 is 1.31 bits per heavy atom. The minimum Gasteiger partial charge on any atom is -0.504 e. The molecular formula is C25H27NO3. The third kappa shape index (κ3) is 4.44.